The summed E-state index contributed by atoms with van der Waals surface area (Å²) in [7, 11) is 0. The summed E-state index contributed by atoms with van der Waals surface area (Å²) in [4.78, 5) is 22.3. The van der Waals surface area contributed by atoms with E-state index in [2.05, 4.69) is 0 Å². The largest absolute Gasteiger partial charge is 0.460 e. The average Bonchev–Trinajstić information content (AvgIpc) is 2.27. The van der Waals surface area contributed by atoms with Crippen molar-refractivity contribution in [2.24, 2.45) is 0 Å². The average molecular weight is 303 g/mol. The molecule has 1 aromatic carbocycles. The van der Waals surface area contributed by atoms with E-state index in [1.165, 1.54) is 6.07 Å². The predicted octanol–water partition coefficient (Wildman–Crippen LogP) is 4.08. The molecule has 0 unspecified atom stereocenters. The van der Waals surface area contributed by atoms with Crippen LogP contribution in [0, 0.1) is 0 Å². The molecule has 0 radical (unpaired) electrons. The Bertz CT molecular complexity index is 490. The van der Waals surface area contributed by atoms with Crippen LogP contribution in [-0.4, -0.2) is 17.9 Å². The molecule has 0 bridgehead atoms. The normalized spacial score (nSPS) is 11.2. The van der Waals surface area contributed by atoms with Gasteiger partial charge in [0.2, 0.25) is 0 Å². The van der Waals surface area contributed by atoms with E-state index in [0.717, 1.165) is 5.56 Å². The van der Waals surface area contributed by atoms with Crippen LogP contribution >= 0.6 is 23.2 Å². The lowest BCUT2D eigenvalue weighted by Gasteiger charge is -2.19. The van der Waals surface area contributed by atoms with Crippen LogP contribution in [0.4, 0.5) is 0 Å². The number of hydrogen-bond acceptors (Lipinski definition) is 3. The van der Waals surface area contributed by atoms with E-state index in [4.69, 9.17) is 27.9 Å². The highest BCUT2D eigenvalue weighted by Gasteiger charge is 2.16. The summed E-state index contributed by atoms with van der Waals surface area (Å²) in [6.45, 7) is 5.44. The van der Waals surface area contributed by atoms with Crippen LogP contribution in [0.3, 0.4) is 0 Å². The maximum absolute atomic E-state index is 11.6. The van der Waals surface area contributed by atoms with Crippen molar-refractivity contribution >= 4 is 35.5 Å². The number of aryl methyl sites for hydroxylation is 1. The van der Waals surface area contributed by atoms with E-state index in [1.54, 1.807) is 6.07 Å². The molecule has 5 heteroatoms. The van der Waals surface area contributed by atoms with Crippen LogP contribution < -0.4 is 0 Å². The molecule has 0 atom stereocenters. The number of ether oxygens (including phenoxy) is 1. The second kappa shape index (κ2) is 6.40. The molecule has 1 rings (SSSR count). The molecule has 19 heavy (non-hydrogen) atoms. The minimum absolute atomic E-state index is 0.216. The minimum atomic E-state index is -0.500. The summed E-state index contributed by atoms with van der Waals surface area (Å²) in [5, 5.41) is 0.758. The van der Waals surface area contributed by atoms with Crippen LogP contribution in [0.2, 0.25) is 10.0 Å². The maximum Gasteiger partial charge on any atom is 0.306 e. The van der Waals surface area contributed by atoms with Crippen molar-refractivity contribution in [2.75, 3.05) is 0 Å². The van der Waals surface area contributed by atoms with Crippen molar-refractivity contribution in [3.8, 4) is 0 Å². The van der Waals surface area contributed by atoms with Gasteiger partial charge in [-0.05, 0) is 44.9 Å². The minimum Gasteiger partial charge on any atom is -0.460 e. The first kappa shape index (κ1) is 16.0. The highest BCUT2D eigenvalue weighted by molar-refractivity contribution is 6.35. The van der Waals surface area contributed by atoms with Gasteiger partial charge in [0.15, 0.2) is 6.29 Å². The van der Waals surface area contributed by atoms with Gasteiger partial charge in [0.25, 0.3) is 0 Å². The third-order valence-corrected chi connectivity index (χ3v) is 2.99. The van der Waals surface area contributed by atoms with Gasteiger partial charge in [0, 0.05) is 17.0 Å². The van der Waals surface area contributed by atoms with Gasteiger partial charge in [-0.1, -0.05) is 23.2 Å². The van der Waals surface area contributed by atoms with Crippen LogP contribution in [0.25, 0.3) is 0 Å². The highest BCUT2D eigenvalue weighted by Crippen LogP contribution is 2.25. The zero-order valence-corrected chi connectivity index (χ0v) is 12.6. The van der Waals surface area contributed by atoms with Gasteiger partial charge in [0.05, 0.1) is 5.02 Å². The fraction of sp³-hybridized carbons (Fsp3) is 0.429. The first-order valence-electron chi connectivity index (χ1n) is 5.88. The molecule has 3 nitrogen and oxygen atoms in total. The van der Waals surface area contributed by atoms with Gasteiger partial charge < -0.3 is 4.74 Å². The Labute approximate surface area is 122 Å². The Morgan fingerprint density at radius 1 is 1.26 bits per heavy atom. The van der Waals surface area contributed by atoms with E-state index in [0.29, 0.717) is 28.3 Å². The third kappa shape index (κ3) is 5.21. The van der Waals surface area contributed by atoms with E-state index in [1.807, 2.05) is 20.8 Å². The van der Waals surface area contributed by atoms with Gasteiger partial charge in [-0.15, -0.1) is 0 Å². The van der Waals surface area contributed by atoms with Crippen LogP contribution in [0.15, 0.2) is 12.1 Å². The molecule has 0 aliphatic carbocycles. The van der Waals surface area contributed by atoms with Crippen LogP contribution in [0.5, 0.6) is 0 Å². The molecule has 0 aliphatic heterocycles. The first-order valence-corrected chi connectivity index (χ1v) is 6.63. The lowest BCUT2D eigenvalue weighted by atomic mass is 10.1. The zero-order chi connectivity index (χ0) is 14.6. The van der Waals surface area contributed by atoms with Gasteiger partial charge in [0.1, 0.15) is 5.60 Å². The number of carbonyl (C=O) groups is 2. The van der Waals surface area contributed by atoms with E-state index in [-0.39, 0.29) is 12.4 Å². The van der Waals surface area contributed by atoms with Crippen LogP contribution in [0.1, 0.15) is 43.1 Å². The Hall–Kier alpha value is -1.06. The number of benzene rings is 1. The van der Waals surface area contributed by atoms with Gasteiger partial charge in [-0.25, -0.2) is 0 Å². The van der Waals surface area contributed by atoms with E-state index >= 15 is 0 Å². The summed E-state index contributed by atoms with van der Waals surface area (Å²) in [6.07, 6.45) is 1.28. The maximum atomic E-state index is 11.6. The summed E-state index contributed by atoms with van der Waals surface area (Å²) >= 11 is 11.9. The van der Waals surface area contributed by atoms with Gasteiger partial charge in [-0.2, -0.15) is 0 Å². The molecular formula is C14H16Cl2O3. The second-order valence-electron chi connectivity index (χ2n) is 5.17. The van der Waals surface area contributed by atoms with Crippen molar-refractivity contribution in [2.45, 2.75) is 39.2 Å². The van der Waals surface area contributed by atoms with Crippen molar-refractivity contribution in [1.82, 2.24) is 0 Å². The van der Waals surface area contributed by atoms with E-state index in [9.17, 15) is 9.59 Å². The van der Waals surface area contributed by atoms with Crippen molar-refractivity contribution in [3.05, 3.63) is 33.3 Å². The fourth-order valence-corrected chi connectivity index (χ4v) is 2.01. The van der Waals surface area contributed by atoms with Crippen molar-refractivity contribution in [1.29, 1.82) is 0 Å². The number of aldehydes is 1. The molecule has 0 aromatic heterocycles. The smallest absolute Gasteiger partial charge is 0.306 e. The Morgan fingerprint density at radius 3 is 2.42 bits per heavy atom. The molecule has 1 aromatic rings. The third-order valence-electron chi connectivity index (χ3n) is 2.31. The molecule has 104 valence electrons. The molecule has 0 heterocycles. The zero-order valence-electron chi connectivity index (χ0n) is 11.1. The van der Waals surface area contributed by atoms with E-state index < -0.39 is 5.60 Å². The Morgan fingerprint density at radius 2 is 1.89 bits per heavy atom. The summed E-state index contributed by atoms with van der Waals surface area (Å²) < 4.78 is 5.20. The monoisotopic (exact) mass is 302 g/mol. The molecule has 0 N–H and O–H groups in total. The molecule has 0 fully saturated rings. The molecule has 0 aliphatic rings. The van der Waals surface area contributed by atoms with Crippen molar-refractivity contribution in [3.63, 3.8) is 0 Å². The van der Waals surface area contributed by atoms with Gasteiger partial charge >= 0.3 is 5.97 Å². The number of halogens is 2. The van der Waals surface area contributed by atoms with Gasteiger partial charge in [-0.3, -0.25) is 9.59 Å². The molecule has 0 amide bonds. The topological polar surface area (TPSA) is 43.4 Å². The fourth-order valence-electron chi connectivity index (χ4n) is 1.51. The lowest BCUT2D eigenvalue weighted by Crippen LogP contribution is -2.24. The number of carbonyl (C=O) groups excluding carboxylic acids is 2. The molecule has 0 spiro atoms. The Kier molecular flexibility index (Phi) is 5.39. The first-order chi connectivity index (χ1) is 8.73. The number of rotatable bonds is 4. The van der Waals surface area contributed by atoms with Crippen molar-refractivity contribution < 1.29 is 14.3 Å². The summed E-state index contributed by atoms with van der Waals surface area (Å²) in [5.74, 6) is -0.292. The standard InChI is InChI=1S/C14H16Cl2O3/c1-14(2,3)19-13(18)5-4-9-6-12(16)10(8-17)7-11(9)15/h6-8H,4-5H2,1-3H3. The molecular weight excluding hydrogens is 287 g/mol. The predicted molar refractivity (Wildman–Crippen MR) is 76.0 cm³/mol. The molecule has 0 saturated heterocycles. The van der Waals surface area contributed by atoms with Crippen LogP contribution in [-0.2, 0) is 16.0 Å². The molecule has 0 saturated carbocycles. The number of hydrogen-bond donors (Lipinski definition) is 0. The summed E-state index contributed by atoms with van der Waals surface area (Å²) in [6, 6.07) is 3.11. The Balaban J connectivity index is 2.71. The quantitative estimate of drug-likeness (QED) is 0.622. The SMILES string of the molecule is CC(C)(C)OC(=O)CCc1cc(Cl)c(C=O)cc1Cl. The second-order valence-corrected chi connectivity index (χ2v) is 5.98. The lowest BCUT2D eigenvalue weighted by molar-refractivity contribution is -0.154. The highest BCUT2D eigenvalue weighted by atomic mass is 35.5. The summed E-state index contributed by atoms with van der Waals surface area (Å²) in [5.41, 5.74) is 0.565. The number of esters is 1.